The quantitative estimate of drug-likeness (QED) is 0.741. The standard InChI is InChI=1S/C13H24N2O2/c1-3-17-10-6-9-15-11(2)14-13(12(15)16)7-4-5-8-13/h11,14H,3-10H2,1-2H3. The molecule has 1 N–H and O–H groups in total. The Morgan fingerprint density at radius 2 is 2.18 bits per heavy atom. The van der Waals surface area contributed by atoms with E-state index in [0.717, 1.165) is 39.0 Å². The third-order valence-corrected chi connectivity index (χ3v) is 3.97. The van der Waals surface area contributed by atoms with E-state index in [2.05, 4.69) is 12.2 Å². The van der Waals surface area contributed by atoms with Crippen molar-refractivity contribution in [2.24, 2.45) is 0 Å². The predicted molar refractivity (Wildman–Crippen MR) is 66.6 cm³/mol. The number of hydrogen-bond acceptors (Lipinski definition) is 3. The fourth-order valence-electron chi connectivity index (χ4n) is 3.10. The molecule has 0 aromatic heterocycles. The third-order valence-electron chi connectivity index (χ3n) is 3.97. The molecule has 2 rings (SSSR count). The maximum absolute atomic E-state index is 12.4. The van der Waals surface area contributed by atoms with E-state index in [4.69, 9.17) is 4.74 Å². The zero-order valence-corrected chi connectivity index (χ0v) is 11.0. The van der Waals surface area contributed by atoms with Gasteiger partial charge in [-0.25, -0.2) is 0 Å². The summed E-state index contributed by atoms with van der Waals surface area (Å²) in [6, 6.07) is 0. The van der Waals surface area contributed by atoms with E-state index >= 15 is 0 Å². The van der Waals surface area contributed by atoms with Crippen molar-refractivity contribution >= 4 is 5.91 Å². The molecule has 0 bridgehead atoms. The Balaban J connectivity index is 1.88. The van der Waals surface area contributed by atoms with Gasteiger partial charge in [0.05, 0.1) is 11.7 Å². The first-order chi connectivity index (χ1) is 8.19. The topological polar surface area (TPSA) is 41.6 Å². The average Bonchev–Trinajstić information content (AvgIpc) is 2.85. The zero-order chi connectivity index (χ0) is 12.3. The van der Waals surface area contributed by atoms with Crippen molar-refractivity contribution in [1.82, 2.24) is 10.2 Å². The maximum atomic E-state index is 12.4. The highest BCUT2D eigenvalue weighted by Gasteiger charge is 2.50. The predicted octanol–water partition coefficient (Wildman–Crippen LogP) is 1.50. The fraction of sp³-hybridized carbons (Fsp3) is 0.923. The number of rotatable bonds is 5. The van der Waals surface area contributed by atoms with Crippen molar-refractivity contribution in [3.63, 3.8) is 0 Å². The molecule has 0 radical (unpaired) electrons. The number of amides is 1. The van der Waals surface area contributed by atoms with Crippen LogP contribution < -0.4 is 5.32 Å². The van der Waals surface area contributed by atoms with Gasteiger partial charge < -0.3 is 9.64 Å². The maximum Gasteiger partial charge on any atom is 0.244 e. The molecule has 98 valence electrons. The second kappa shape index (κ2) is 5.36. The van der Waals surface area contributed by atoms with Crippen LogP contribution in [-0.2, 0) is 9.53 Å². The summed E-state index contributed by atoms with van der Waals surface area (Å²) in [5, 5.41) is 3.51. The van der Waals surface area contributed by atoms with Crippen molar-refractivity contribution < 1.29 is 9.53 Å². The van der Waals surface area contributed by atoms with E-state index in [1.165, 1.54) is 12.8 Å². The molecular formula is C13H24N2O2. The van der Waals surface area contributed by atoms with Gasteiger partial charge in [0, 0.05) is 19.8 Å². The van der Waals surface area contributed by atoms with Crippen LogP contribution in [0.5, 0.6) is 0 Å². The third kappa shape index (κ3) is 2.47. The Labute approximate surface area is 104 Å². The molecule has 1 spiro atoms. The number of nitrogens with zero attached hydrogens (tertiary/aromatic N) is 1. The fourth-order valence-corrected chi connectivity index (χ4v) is 3.10. The molecule has 0 aromatic carbocycles. The molecule has 0 aromatic rings. The van der Waals surface area contributed by atoms with Crippen molar-refractivity contribution in [1.29, 1.82) is 0 Å². The van der Waals surface area contributed by atoms with Crippen molar-refractivity contribution in [2.45, 2.75) is 57.7 Å². The lowest BCUT2D eigenvalue weighted by molar-refractivity contribution is -0.133. The molecule has 17 heavy (non-hydrogen) atoms. The van der Waals surface area contributed by atoms with E-state index in [1.54, 1.807) is 0 Å². The van der Waals surface area contributed by atoms with Crippen LogP contribution in [0.4, 0.5) is 0 Å². The number of ether oxygens (including phenoxy) is 1. The Morgan fingerprint density at radius 3 is 2.82 bits per heavy atom. The molecule has 1 saturated carbocycles. The van der Waals surface area contributed by atoms with E-state index in [1.807, 2.05) is 11.8 Å². The molecule has 1 amide bonds. The summed E-state index contributed by atoms with van der Waals surface area (Å²) in [5.74, 6) is 0.319. The number of carbonyl (C=O) groups excluding carboxylic acids is 1. The molecular weight excluding hydrogens is 216 g/mol. The molecule has 4 nitrogen and oxygen atoms in total. The Morgan fingerprint density at radius 1 is 1.47 bits per heavy atom. The monoisotopic (exact) mass is 240 g/mol. The highest BCUT2D eigenvalue weighted by molar-refractivity contribution is 5.89. The lowest BCUT2D eigenvalue weighted by atomic mass is 9.98. The first-order valence-electron chi connectivity index (χ1n) is 6.86. The summed E-state index contributed by atoms with van der Waals surface area (Å²) in [4.78, 5) is 14.4. The van der Waals surface area contributed by atoms with Crippen LogP contribution in [0, 0.1) is 0 Å². The van der Waals surface area contributed by atoms with Gasteiger partial charge in [-0.05, 0) is 33.1 Å². The first-order valence-corrected chi connectivity index (χ1v) is 6.86. The Hall–Kier alpha value is -0.610. The van der Waals surface area contributed by atoms with E-state index in [9.17, 15) is 4.79 Å². The molecule has 1 atom stereocenters. The number of hydrogen-bond donors (Lipinski definition) is 1. The minimum atomic E-state index is -0.217. The van der Waals surface area contributed by atoms with Crippen molar-refractivity contribution in [3.8, 4) is 0 Å². The Kier molecular flexibility index (Phi) is 4.05. The summed E-state index contributed by atoms with van der Waals surface area (Å²) in [5.41, 5.74) is -0.217. The van der Waals surface area contributed by atoms with Gasteiger partial charge in [0.2, 0.25) is 5.91 Å². The van der Waals surface area contributed by atoms with Gasteiger partial charge in [-0.1, -0.05) is 12.8 Å². The first kappa shape index (κ1) is 12.8. The molecule has 1 aliphatic carbocycles. The van der Waals surface area contributed by atoms with Gasteiger partial charge in [-0.15, -0.1) is 0 Å². The summed E-state index contributed by atoms with van der Waals surface area (Å²) in [6.07, 6.45) is 5.50. The van der Waals surface area contributed by atoms with Crippen LogP contribution >= 0.6 is 0 Å². The normalized spacial score (nSPS) is 27.3. The van der Waals surface area contributed by atoms with E-state index in [0.29, 0.717) is 5.91 Å². The van der Waals surface area contributed by atoms with Crippen LogP contribution in [0.2, 0.25) is 0 Å². The molecule has 1 heterocycles. The van der Waals surface area contributed by atoms with Crippen LogP contribution in [0.25, 0.3) is 0 Å². The van der Waals surface area contributed by atoms with Crippen LogP contribution in [0.15, 0.2) is 0 Å². The lowest BCUT2D eigenvalue weighted by Crippen LogP contribution is -2.44. The number of nitrogens with one attached hydrogen (secondary N) is 1. The summed E-state index contributed by atoms with van der Waals surface area (Å²) in [7, 11) is 0. The summed E-state index contributed by atoms with van der Waals surface area (Å²) < 4.78 is 5.32. The highest BCUT2D eigenvalue weighted by atomic mass is 16.5. The van der Waals surface area contributed by atoms with Gasteiger partial charge in [0.25, 0.3) is 0 Å². The molecule has 4 heteroatoms. The van der Waals surface area contributed by atoms with Gasteiger partial charge in [-0.2, -0.15) is 0 Å². The van der Waals surface area contributed by atoms with Gasteiger partial charge in [0.1, 0.15) is 0 Å². The van der Waals surface area contributed by atoms with Crippen LogP contribution in [0.1, 0.15) is 46.0 Å². The average molecular weight is 240 g/mol. The van der Waals surface area contributed by atoms with Crippen LogP contribution in [0.3, 0.4) is 0 Å². The minimum Gasteiger partial charge on any atom is -0.382 e. The van der Waals surface area contributed by atoms with E-state index < -0.39 is 0 Å². The van der Waals surface area contributed by atoms with Crippen molar-refractivity contribution in [2.75, 3.05) is 19.8 Å². The molecule has 1 aliphatic heterocycles. The molecule has 1 saturated heterocycles. The van der Waals surface area contributed by atoms with Gasteiger partial charge in [-0.3, -0.25) is 10.1 Å². The zero-order valence-electron chi connectivity index (χ0n) is 11.0. The smallest absolute Gasteiger partial charge is 0.244 e. The SMILES string of the molecule is CCOCCCN1C(=O)C2(CCCC2)NC1C. The molecule has 2 aliphatic rings. The summed E-state index contributed by atoms with van der Waals surface area (Å²) in [6.45, 7) is 6.41. The lowest BCUT2D eigenvalue weighted by Gasteiger charge is -2.22. The second-order valence-corrected chi connectivity index (χ2v) is 5.16. The van der Waals surface area contributed by atoms with Crippen LogP contribution in [-0.4, -0.2) is 42.3 Å². The van der Waals surface area contributed by atoms with Gasteiger partial charge >= 0.3 is 0 Å². The highest BCUT2D eigenvalue weighted by Crippen LogP contribution is 2.36. The molecule has 1 unspecified atom stereocenters. The minimum absolute atomic E-state index is 0.183. The van der Waals surface area contributed by atoms with E-state index in [-0.39, 0.29) is 11.7 Å². The largest absolute Gasteiger partial charge is 0.382 e. The van der Waals surface area contributed by atoms with Gasteiger partial charge in [0.15, 0.2) is 0 Å². The van der Waals surface area contributed by atoms with Crippen molar-refractivity contribution in [3.05, 3.63) is 0 Å². The molecule has 2 fully saturated rings. The summed E-state index contributed by atoms with van der Waals surface area (Å²) >= 11 is 0. The Bertz CT molecular complexity index is 275. The second-order valence-electron chi connectivity index (χ2n) is 5.16. The number of carbonyl (C=O) groups is 1.